The number of benzene rings is 1. The highest BCUT2D eigenvalue weighted by Gasteiger charge is 2.07. The predicted molar refractivity (Wildman–Crippen MR) is 67.7 cm³/mol. The molecule has 0 spiro atoms. The molecule has 3 rings (SSSR count). The molecule has 0 amide bonds. The largest absolute Gasteiger partial charge is 0.396 e. The fraction of sp³-hybridized carbons (Fsp3) is 0.0769. The summed E-state index contributed by atoms with van der Waals surface area (Å²) in [7, 11) is 0. The van der Waals surface area contributed by atoms with Crippen LogP contribution < -0.4 is 5.73 Å². The third-order valence-corrected chi connectivity index (χ3v) is 2.59. The Morgan fingerprint density at radius 2 is 2.06 bits per heavy atom. The van der Waals surface area contributed by atoms with Gasteiger partial charge in [-0.1, -0.05) is 35.5 Å². The Bertz CT molecular complexity index is 642. The van der Waals surface area contributed by atoms with Crippen LogP contribution in [0.15, 0.2) is 53.3 Å². The lowest BCUT2D eigenvalue weighted by Crippen LogP contribution is -1.99. The van der Waals surface area contributed by atoms with E-state index in [0.29, 0.717) is 12.2 Å². The normalized spacial score (nSPS) is 10.7. The summed E-state index contributed by atoms with van der Waals surface area (Å²) in [5.41, 5.74) is 8.07. The van der Waals surface area contributed by atoms with Crippen LogP contribution in [-0.4, -0.2) is 14.9 Å². The van der Waals surface area contributed by atoms with Crippen molar-refractivity contribution in [2.45, 2.75) is 6.54 Å². The standard InChI is InChI=1S/C13H12N4O/c14-11-7-15-17(8-11)9-12-6-13(18-16-12)10-4-2-1-3-5-10/h1-8H,9,14H2. The van der Waals surface area contributed by atoms with Crippen molar-refractivity contribution in [1.29, 1.82) is 0 Å². The molecule has 1 aromatic carbocycles. The average molecular weight is 240 g/mol. The summed E-state index contributed by atoms with van der Waals surface area (Å²) in [4.78, 5) is 0. The molecule has 3 aromatic rings. The van der Waals surface area contributed by atoms with E-state index < -0.39 is 0 Å². The van der Waals surface area contributed by atoms with E-state index >= 15 is 0 Å². The molecule has 2 N–H and O–H groups in total. The zero-order chi connectivity index (χ0) is 12.4. The van der Waals surface area contributed by atoms with Crippen LogP contribution in [-0.2, 0) is 6.54 Å². The van der Waals surface area contributed by atoms with E-state index in [1.165, 1.54) is 0 Å². The summed E-state index contributed by atoms with van der Waals surface area (Å²) in [6.07, 6.45) is 3.37. The summed E-state index contributed by atoms with van der Waals surface area (Å²) in [6, 6.07) is 11.8. The molecule has 0 aliphatic heterocycles. The van der Waals surface area contributed by atoms with Gasteiger partial charge in [0.2, 0.25) is 0 Å². The third-order valence-electron chi connectivity index (χ3n) is 2.59. The van der Waals surface area contributed by atoms with Gasteiger partial charge in [0.05, 0.1) is 18.4 Å². The molecule has 0 aliphatic carbocycles. The molecule has 2 aromatic heterocycles. The Morgan fingerprint density at radius 3 is 2.78 bits per heavy atom. The molecule has 5 heteroatoms. The van der Waals surface area contributed by atoms with Crippen LogP contribution in [0.1, 0.15) is 5.69 Å². The second kappa shape index (κ2) is 4.37. The fourth-order valence-corrected chi connectivity index (χ4v) is 1.76. The quantitative estimate of drug-likeness (QED) is 0.761. The van der Waals surface area contributed by atoms with Crippen molar-refractivity contribution in [3.05, 3.63) is 54.5 Å². The SMILES string of the molecule is Nc1cnn(Cc2cc(-c3ccccc3)on2)c1. The highest BCUT2D eigenvalue weighted by atomic mass is 16.5. The van der Waals surface area contributed by atoms with Crippen LogP contribution in [0.3, 0.4) is 0 Å². The monoisotopic (exact) mass is 240 g/mol. The van der Waals surface area contributed by atoms with Gasteiger partial charge < -0.3 is 10.3 Å². The Kier molecular flexibility index (Phi) is 2.57. The van der Waals surface area contributed by atoms with Gasteiger partial charge in [-0.05, 0) is 0 Å². The molecule has 0 unspecified atom stereocenters. The first-order chi connectivity index (χ1) is 8.81. The van der Waals surface area contributed by atoms with E-state index in [-0.39, 0.29) is 0 Å². The Hall–Kier alpha value is -2.56. The number of hydrogen-bond acceptors (Lipinski definition) is 4. The number of rotatable bonds is 3. The van der Waals surface area contributed by atoms with Crippen LogP contribution in [0, 0.1) is 0 Å². The molecular formula is C13H12N4O. The number of hydrogen-bond donors (Lipinski definition) is 1. The Labute approximate surface area is 104 Å². The van der Waals surface area contributed by atoms with Crippen molar-refractivity contribution in [3.8, 4) is 11.3 Å². The molecular weight excluding hydrogens is 228 g/mol. The van der Waals surface area contributed by atoms with E-state index in [1.54, 1.807) is 17.1 Å². The molecule has 18 heavy (non-hydrogen) atoms. The van der Waals surface area contributed by atoms with Crippen LogP contribution in [0.5, 0.6) is 0 Å². The van der Waals surface area contributed by atoms with E-state index in [1.807, 2.05) is 36.4 Å². The lowest BCUT2D eigenvalue weighted by atomic mass is 10.2. The van der Waals surface area contributed by atoms with Crippen LogP contribution in [0.4, 0.5) is 5.69 Å². The van der Waals surface area contributed by atoms with Crippen LogP contribution in [0.25, 0.3) is 11.3 Å². The molecule has 0 bridgehead atoms. The molecule has 0 aliphatic rings. The number of nitrogen functional groups attached to an aromatic ring is 1. The van der Waals surface area contributed by atoms with Gasteiger partial charge in [0.15, 0.2) is 5.76 Å². The summed E-state index contributed by atoms with van der Waals surface area (Å²) >= 11 is 0. The topological polar surface area (TPSA) is 69.9 Å². The molecule has 0 radical (unpaired) electrons. The zero-order valence-electron chi connectivity index (χ0n) is 9.65. The van der Waals surface area contributed by atoms with Crippen molar-refractivity contribution < 1.29 is 4.52 Å². The fourth-order valence-electron chi connectivity index (χ4n) is 1.76. The molecule has 5 nitrogen and oxygen atoms in total. The first-order valence-electron chi connectivity index (χ1n) is 5.60. The van der Waals surface area contributed by atoms with E-state index in [4.69, 9.17) is 10.3 Å². The van der Waals surface area contributed by atoms with Gasteiger partial charge in [0, 0.05) is 17.8 Å². The zero-order valence-corrected chi connectivity index (χ0v) is 9.65. The Morgan fingerprint density at radius 1 is 1.22 bits per heavy atom. The van der Waals surface area contributed by atoms with Gasteiger partial charge in [0.1, 0.15) is 5.69 Å². The van der Waals surface area contributed by atoms with Gasteiger partial charge in [-0.25, -0.2) is 0 Å². The lowest BCUT2D eigenvalue weighted by Gasteiger charge is -1.94. The van der Waals surface area contributed by atoms with E-state index in [2.05, 4.69) is 10.3 Å². The summed E-state index contributed by atoms with van der Waals surface area (Å²) in [6.45, 7) is 0.549. The van der Waals surface area contributed by atoms with Gasteiger partial charge in [-0.3, -0.25) is 4.68 Å². The minimum atomic E-state index is 0.549. The number of nitrogens with zero attached hydrogens (tertiary/aromatic N) is 3. The summed E-state index contributed by atoms with van der Waals surface area (Å²) in [5, 5.41) is 8.12. The van der Waals surface area contributed by atoms with Crippen molar-refractivity contribution in [1.82, 2.24) is 14.9 Å². The maximum Gasteiger partial charge on any atom is 0.167 e. The molecule has 0 saturated carbocycles. The molecule has 2 heterocycles. The highest BCUT2D eigenvalue weighted by molar-refractivity contribution is 5.56. The maximum atomic E-state index is 5.60. The number of nitrogens with two attached hydrogens (primary N) is 1. The van der Waals surface area contributed by atoms with Gasteiger partial charge in [-0.2, -0.15) is 5.10 Å². The molecule has 0 fully saturated rings. The van der Waals surface area contributed by atoms with Crippen molar-refractivity contribution >= 4 is 5.69 Å². The smallest absolute Gasteiger partial charge is 0.167 e. The average Bonchev–Trinajstić information content (AvgIpc) is 3.01. The predicted octanol–water partition coefficient (Wildman–Crippen LogP) is 2.17. The van der Waals surface area contributed by atoms with E-state index in [0.717, 1.165) is 17.0 Å². The summed E-state index contributed by atoms with van der Waals surface area (Å²) in [5.74, 6) is 0.755. The minimum absolute atomic E-state index is 0.549. The maximum absolute atomic E-state index is 5.60. The Balaban J connectivity index is 1.82. The third kappa shape index (κ3) is 2.10. The lowest BCUT2D eigenvalue weighted by molar-refractivity contribution is 0.419. The van der Waals surface area contributed by atoms with Gasteiger partial charge in [-0.15, -0.1) is 0 Å². The van der Waals surface area contributed by atoms with Crippen LogP contribution in [0.2, 0.25) is 0 Å². The van der Waals surface area contributed by atoms with Crippen LogP contribution >= 0.6 is 0 Å². The molecule has 0 saturated heterocycles. The van der Waals surface area contributed by atoms with Crippen molar-refractivity contribution in [2.24, 2.45) is 0 Å². The summed E-state index contributed by atoms with van der Waals surface area (Å²) < 4.78 is 7.03. The molecule has 90 valence electrons. The highest BCUT2D eigenvalue weighted by Crippen LogP contribution is 2.20. The molecule has 0 atom stereocenters. The van der Waals surface area contributed by atoms with Gasteiger partial charge in [0.25, 0.3) is 0 Å². The number of aromatic nitrogens is 3. The first-order valence-corrected chi connectivity index (χ1v) is 5.60. The minimum Gasteiger partial charge on any atom is -0.396 e. The second-order valence-corrected chi connectivity index (χ2v) is 4.02. The van der Waals surface area contributed by atoms with Crippen molar-refractivity contribution in [2.75, 3.05) is 5.73 Å². The number of anilines is 1. The van der Waals surface area contributed by atoms with E-state index in [9.17, 15) is 0 Å². The van der Waals surface area contributed by atoms with Gasteiger partial charge >= 0.3 is 0 Å². The second-order valence-electron chi connectivity index (χ2n) is 4.02. The van der Waals surface area contributed by atoms with Crippen molar-refractivity contribution in [3.63, 3.8) is 0 Å². The first kappa shape index (κ1) is 10.6.